The molecule has 64 heavy (non-hydrogen) atoms. The van der Waals surface area contributed by atoms with Crippen LogP contribution in [0.25, 0.3) is 28.3 Å². The largest absolute Gasteiger partial charge is 0.334 e. The molecule has 11 rings (SSSR count). The lowest BCUT2D eigenvalue weighted by molar-refractivity contribution is 0.595. The van der Waals surface area contributed by atoms with Gasteiger partial charge in [0.15, 0.2) is 0 Å². The minimum atomic E-state index is 0.192. The third-order valence-electron chi connectivity index (χ3n) is 14.8. The zero-order valence-electron chi connectivity index (χ0n) is 37.7. The fraction of sp³-hybridized carbons (Fsp3) is 0.226. The molecule has 0 saturated carbocycles. The van der Waals surface area contributed by atoms with E-state index in [9.17, 15) is 0 Å². The van der Waals surface area contributed by atoms with Gasteiger partial charge in [-0.3, -0.25) is 0 Å². The standard InChI is InChI=1S/C62H58N2/c1-5-46(34-28-42(3)63-57-23-13-15-25-59(57)64(48-17-7-6-8-18-48)60-26-16-14-24-58(60)63)61-51-19-9-11-21-53(51)62(54-22-12-10-20-52(54)61)47-35-31-44(32-36-47)29-30-45-33-38-50-49-37-27-41(2)39-55(49)43(4)56(50)40-45/h6-7,9-17,19-31,33-35,37-40,43,51,53,57,59H,5,8,18,32,36H2,1-4H3. The van der Waals surface area contributed by atoms with Gasteiger partial charge in [0.05, 0.1) is 23.5 Å². The Kier molecular flexibility index (Phi) is 10.5. The van der Waals surface area contributed by atoms with Crippen LogP contribution in [-0.4, -0.2) is 12.1 Å². The van der Waals surface area contributed by atoms with Crippen LogP contribution in [0.4, 0.5) is 11.4 Å². The quantitative estimate of drug-likeness (QED) is 0.163. The van der Waals surface area contributed by atoms with Crippen LogP contribution < -0.4 is 20.2 Å². The fourth-order valence-electron chi connectivity index (χ4n) is 11.7. The average Bonchev–Trinajstić information content (AvgIpc) is 3.61. The Hall–Kier alpha value is -6.64. The number of allylic oxidation sites excluding steroid dienone is 19. The van der Waals surface area contributed by atoms with Crippen molar-refractivity contribution in [3.63, 3.8) is 0 Å². The first kappa shape index (κ1) is 40.2. The molecule has 2 nitrogen and oxygen atoms in total. The van der Waals surface area contributed by atoms with Gasteiger partial charge < -0.3 is 9.80 Å². The Balaban J connectivity index is 0.934. The van der Waals surface area contributed by atoms with Gasteiger partial charge in [-0.25, -0.2) is 0 Å². The van der Waals surface area contributed by atoms with Gasteiger partial charge in [0.2, 0.25) is 0 Å². The molecule has 0 radical (unpaired) electrons. The number of fused-ring (bicyclic) bond motifs is 7. The zero-order valence-corrected chi connectivity index (χ0v) is 37.7. The fourth-order valence-corrected chi connectivity index (χ4v) is 11.7. The molecule has 6 aliphatic carbocycles. The predicted octanol–water partition coefficient (Wildman–Crippen LogP) is 13.8. The van der Waals surface area contributed by atoms with E-state index < -0.39 is 0 Å². The molecule has 0 fully saturated rings. The Morgan fingerprint density at radius 1 is 0.672 bits per heavy atom. The molecule has 0 aromatic heterocycles. The average molecular weight is 831 g/mol. The molecule has 4 aromatic rings. The monoisotopic (exact) mass is 830 g/mol. The van der Waals surface area contributed by atoms with Crippen LogP contribution in [0.3, 0.4) is 0 Å². The van der Waals surface area contributed by atoms with Crippen molar-refractivity contribution in [3.8, 4) is 11.1 Å². The van der Waals surface area contributed by atoms with Crippen LogP contribution in [0.5, 0.6) is 0 Å². The Labute approximate surface area is 380 Å². The second kappa shape index (κ2) is 16.8. The lowest BCUT2D eigenvalue weighted by Gasteiger charge is -2.50. The summed E-state index contributed by atoms with van der Waals surface area (Å²) >= 11 is 0. The smallest absolute Gasteiger partial charge is 0.0766 e. The van der Waals surface area contributed by atoms with Crippen LogP contribution in [0, 0.1) is 18.8 Å². The molecule has 2 heteroatoms. The van der Waals surface area contributed by atoms with Gasteiger partial charge in [-0.1, -0.05) is 183 Å². The molecule has 5 atom stereocenters. The Morgan fingerprint density at radius 3 is 2.19 bits per heavy atom. The summed E-state index contributed by atoms with van der Waals surface area (Å²) in [5, 5.41) is 2.77. The number of hydrogen-bond donors (Lipinski definition) is 0. The first-order chi connectivity index (χ1) is 31.5. The van der Waals surface area contributed by atoms with E-state index >= 15 is 0 Å². The minimum Gasteiger partial charge on any atom is -0.334 e. The van der Waals surface area contributed by atoms with Crippen LogP contribution in [-0.2, 0) is 0 Å². The predicted molar refractivity (Wildman–Crippen MR) is 272 cm³/mol. The highest BCUT2D eigenvalue weighted by Crippen LogP contribution is 2.48. The first-order valence-electron chi connectivity index (χ1n) is 23.7. The number of hydrogen-bond acceptors (Lipinski definition) is 2. The van der Waals surface area contributed by atoms with Crippen molar-refractivity contribution < 1.29 is 0 Å². The van der Waals surface area contributed by atoms with Crippen molar-refractivity contribution in [3.05, 3.63) is 243 Å². The minimum absolute atomic E-state index is 0.192. The molecule has 316 valence electrons. The van der Waals surface area contributed by atoms with E-state index in [0.29, 0.717) is 5.92 Å². The maximum Gasteiger partial charge on any atom is 0.0766 e. The Morgan fingerprint density at radius 2 is 1.41 bits per heavy atom. The molecule has 5 unspecified atom stereocenters. The highest BCUT2D eigenvalue weighted by Gasteiger charge is 2.40. The van der Waals surface area contributed by atoms with Crippen molar-refractivity contribution >= 4 is 28.6 Å². The molecule has 7 aliphatic rings. The molecule has 0 saturated heterocycles. The molecular formula is C62H58N2. The van der Waals surface area contributed by atoms with Gasteiger partial charge in [0.1, 0.15) is 0 Å². The van der Waals surface area contributed by atoms with Crippen molar-refractivity contribution in [2.24, 2.45) is 11.8 Å². The van der Waals surface area contributed by atoms with Gasteiger partial charge in [-0.2, -0.15) is 0 Å². The van der Waals surface area contributed by atoms with E-state index in [1.807, 2.05) is 0 Å². The molecule has 0 spiro atoms. The van der Waals surface area contributed by atoms with Gasteiger partial charge in [0, 0.05) is 29.1 Å². The summed E-state index contributed by atoms with van der Waals surface area (Å²) in [7, 11) is 0. The van der Waals surface area contributed by atoms with Crippen LogP contribution >= 0.6 is 0 Å². The molecule has 0 bridgehead atoms. The number of rotatable bonds is 8. The summed E-state index contributed by atoms with van der Waals surface area (Å²) in [5.41, 5.74) is 20.7. The maximum atomic E-state index is 2.59. The topological polar surface area (TPSA) is 6.48 Å². The van der Waals surface area contributed by atoms with Crippen LogP contribution in [0.15, 0.2) is 210 Å². The molecule has 0 amide bonds. The number of para-hydroxylation sites is 2. The molecule has 0 N–H and O–H groups in total. The summed E-state index contributed by atoms with van der Waals surface area (Å²) in [5.74, 6) is 0.988. The van der Waals surface area contributed by atoms with E-state index in [0.717, 1.165) is 32.1 Å². The normalized spacial score (nSPS) is 24.2. The number of anilines is 2. The van der Waals surface area contributed by atoms with Gasteiger partial charge in [-0.05, 0) is 136 Å². The summed E-state index contributed by atoms with van der Waals surface area (Å²) in [6, 6.07) is 32.6. The van der Waals surface area contributed by atoms with E-state index in [-0.39, 0.29) is 23.9 Å². The SMILES string of the molecule is CCC(=CC=C(C)N1c2ccccc2N(C2=CC=CCC2)C2C=CC=CC21)C1=c2ccccc2=C(C2=CC=C(C=Cc3ccc4c(c3)C(C)c3cc(C)ccc3-4)CC2)C2C=CC=CC12. The van der Waals surface area contributed by atoms with Crippen LogP contribution in [0.2, 0.25) is 0 Å². The number of aryl methyl sites for hydroxylation is 1. The second-order valence-corrected chi connectivity index (χ2v) is 18.6. The van der Waals surface area contributed by atoms with Gasteiger partial charge in [0.25, 0.3) is 0 Å². The third-order valence-corrected chi connectivity index (χ3v) is 14.8. The van der Waals surface area contributed by atoms with Crippen molar-refractivity contribution in [1.29, 1.82) is 0 Å². The van der Waals surface area contributed by atoms with Gasteiger partial charge >= 0.3 is 0 Å². The molecular weight excluding hydrogens is 773 g/mol. The first-order valence-corrected chi connectivity index (χ1v) is 23.7. The summed E-state index contributed by atoms with van der Waals surface area (Å²) < 4.78 is 0. The van der Waals surface area contributed by atoms with Crippen molar-refractivity contribution in [2.75, 3.05) is 9.80 Å². The highest BCUT2D eigenvalue weighted by molar-refractivity contribution is 5.84. The van der Waals surface area contributed by atoms with Crippen molar-refractivity contribution in [2.45, 2.75) is 77.8 Å². The lowest BCUT2D eigenvalue weighted by Crippen LogP contribution is -2.54. The second-order valence-electron chi connectivity index (χ2n) is 18.6. The number of nitrogens with zero attached hydrogens (tertiary/aromatic N) is 2. The zero-order chi connectivity index (χ0) is 43.3. The lowest BCUT2D eigenvalue weighted by atomic mass is 9.68. The van der Waals surface area contributed by atoms with E-state index in [1.165, 1.54) is 94.5 Å². The molecule has 1 heterocycles. The summed E-state index contributed by atoms with van der Waals surface area (Å²) in [4.78, 5) is 5.17. The maximum absolute atomic E-state index is 2.59. The highest BCUT2D eigenvalue weighted by atomic mass is 15.3. The van der Waals surface area contributed by atoms with E-state index in [2.05, 4.69) is 226 Å². The Bertz CT molecular complexity index is 3050. The summed E-state index contributed by atoms with van der Waals surface area (Å²) in [6.07, 6.45) is 45.1. The van der Waals surface area contributed by atoms with E-state index in [4.69, 9.17) is 0 Å². The van der Waals surface area contributed by atoms with Crippen LogP contribution in [0.1, 0.15) is 81.0 Å². The molecule has 4 aromatic carbocycles. The summed E-state index contributed by atoms with van der Waals surface area (Å²) in [6.45, 7) is 9.19. The van der Waals surface area contributed by atoms with Gasteiger partial charge in [-0.15, -0.1) is 0 Å². The van der Waals surface area contributed by atoms with E-state index in [1.54, 1.807) is 0 Å². The van der Waals surface area contributed by atoms with Crippen molar-refractivity contribution in [1.82, 2.24) is 0 Å². The molecule has 1 aliphatic heterocycles. The third kappa shape index (κ3) is 6.96. The number of benzene rings is 4.